The van der Waals surface area contributed by atoms with Crippen LogP contribution in [0.3, 0.4) is 0 Å². The van der Waals surface area contributed by atoms with E-state index < -0.39 is 18.0 Å². The van der Waals surface area contributed by atoms with Crippen LogP contribution in [0.1, 0.15) is 35.9 Å². The molecule has 0 bridgehead atoms. The number of hydrogen-bond acceptors (Lipinski definition) is 5. The molecule has 0 aliphatic rings. The lowest BCUT2D eigenvalue weighted by atomic mass is 10.1. The lowest BCUT2D eigenvalue weighted by molar-refractivity contribution is -0.149. The van der Waals surface area contributed by atoms with Crippen molar-refractivity contribution < 1.29 is 19.1 Å². The normalized spacial score (nSPS) is 12.4. The number of rotatable bonds is 5. The zero-order chi connectivity index (χ0) is 18.1. The minimum Gasteiger partial charge on any atom is -0.466 e. The molecule has 2 aromatic rings. The van der Waals surface area contributed by atoms with Crippen molar-refractivity contribution in [3.05, 3.63) is 54.1 Å². The molecule has 0 spiro atoms. The third-order valence-electron chi connectivity index (χ3n) is 3.39. The molecule has 1 heterocycles. The van der Waals surface area contributed by atoms with Crippen LogP contribution in [0.4, 0.5) is 0 Å². The van der Waals surface area contributed by atoms with Crippen LogP contribution in [0.25, 0.3) is 0 Å². The van der Waals surface area contributed by atoms with Gasteiger partial charge in [0.05, 0.1) is 25.7 Å². The number of carbonyl (C=O) groups excluding carboxylic acids is 2. The molecule has 24 heavy (non-hydrogen) atoms. The minimum atomic E-state index is -0.965. The van der Waals surface area contributed by atoms with E-state index in [1.165, 1.54) is 20.2 Å². The molecule has 0 N–H and O–H groups in total. The van der Waals surface area contributed by atoms with Crippen molar-refractivity contribution in [1.29, 1.82) is 0 Å². The second kappa shape index (κ2) is 10.1. The van der Waals surface area contributed by atoms with Crippen molar-refractivity contribution in [2.45, 2.75) is 26.0 Å². The highest BCUT2D eigenvalue weighted by Gasteiger charge is 2.23. The van der Waals surface area contributed by atoms with Gasteiger partial charge in [0.2, 0.25) is 0 Å². The van der Waals surface area contributed by atoms with Crippen molar-refractivity contribution in [2.75, 3.05) is 12.0 Å². The molecule has 1 aromatic heterocycles. The van der Waals surface area contributed by atoms with Gasteiger partial charge in [-0.25, -0.2) is 14.6 Å². The molecule has 0 radical (unpaired) electrons. The van der Waals surface area contributed by atoms with Crippen LogP contribution >= 0.6 is 22.6 Å². The first kappa shape index (κ1) is 20.1. The third-order valence-corrected chi connectivity index (χ3v) is 3.39. The Bertz CT molecular complexity index is 658. The second-order valence-corrected chi connectivity index (χ2v) is 4.84. The highest BCUT2D eigenvalue weighted by atomic mass is 127. The van der Waals surface area contributed by atoms with Crippen LogP contribution in [-0.4, -0.2) is 39.6 Å². The molecule has 0 unspecified atom stereocenters. The Morgan fingerprint density at radius 1 is 1.17 bits per heavy atom. The summed E-state index contributed by atoms with van der Waals surface area (Å²) in [6.45, 7) is 3.42. The predicted molar refractivity (Wildman–Crippen MR) is 99.3 cm³/mol. The summed E-state index contributed by atoms with van der Waals surface area (Å²) < 4.78 is 11.3. The van der Waals surface area contributed by atoms with Crippen LogP contribution in [0.2, 0.25) is 0 Å². The zero-order valence-electron chi connectivity index (χ0n) is 14.1. The monoisotopic (exact) mass is 444 g/mol. The van der Waals surface area contributed by atoms with E-state index in [4.69, 9.17) is 4.74 Å². The largest absolute Gasteiger partial charge is 0.466 e. The number of nitrogens with zero attached hydrogens (tertiary/aromatic N) is 2. The second-order valence-electron chi connectivity index (χ2n) is 4.84. The number of aromatic nitrogens is 2. The molecule has 2 atom stereocenters. The number of hydrogen-bond donors (Lipinski definition) is 0. The lowest BCUT2D eigenvalue weighted by Gasteiger charge is -2.17. The Morgan fingerprint density at radius 3 is 2.38 bits per heavy atom. The van der Waals surface area contributed by atoms with E-state index in [1.54, 1.807) is 10.9 Å². The van der Waals surface area contributed by atoms with Crippen LogP contribution in [-0.2, 0) is 14.3 Å². The fourth-order valence-corrected chi connectivity index (χ4v) is 2.10. The molecule has 0 aliphatic heterocycles. The molecule has 0 saturated heterocycles. The van der Waals surface area contributed by atoms with Gasteiger partial charge in [0.25, 0.3) is 0 Å². The van der Waals surface area contributed by atoms with Crippen molar-refractivity contribution in [2.24, 2.45) is 0 Å². The first-order chi connectivity index (χ1) is 11.5. The zero-order valence-corrected chi connectivity index (χ0v) is 16.3. The maximum atomic E-state index is 12.2. The van der Waals surface area contributed by atoms with E-state index in [1.807, 2.05) is 42.2 Å². The van der Waals surface area contributed by atoms with Crippen molar-refractivity contribution in [3.8, 4) is 0 Å². The van der Waals surface area contributed by atoms with Crippen LogP contribution in [0, 0.1) is 0 Å². The Labute approximate surface area is 155 Å². The van der Waals surface area contributed by atoms with Gasteiger partial charge in [-0.05, 0) is 24.3 Å². The maximum absolute atomic E-state index is 12.2. The van der Waals surface area contributed by atoms with Crippen molar-refractivity contribution >= 4 is 34.5 Å². The number of alkyl halides is 1. The predicted octanol–water partition coefficient (Wildman–Crippen LogP) is 3.26. The molecule has 1 aromatic carbocycles. The van der Waals surface area contributed by atoms with E-state index in [0.717, 1.165) is 5.56 Å². The number of esters is 2. The summed E-state index contributed by atoms with van der Waals surface area (Å²) in [4.78, 5) is 29.5. The summed E-state index contributed by atoms with van der Waals surface area (Å²) in [5.41, 5.74) is 1.32. The lowest BCUT2D eigenvalue weighted by Crippen LogP contribution is -2.26. The fraction of sp³-hybridized carbons (Fsp3) is 0.353. The quantitative estimate of drug-likeness (QED) is 0.402. The van der Waals surface area contributed by atoms with Gasteiger partial charge in [0.15, 0.2) is 6.10 Å². The van der Waals surface area contributed by atoms with E-state index in [2.05, 4.69) is 32.3 Å². The first-order valence-electron chi connectivity index (χ1n) is 7.28. The molecule has 0 amide bonds. The minimum absolute atomic E-state index is 0.0836. The molecular formula is C17H21IN2O4. The molecule has 0 saturated carbocycles. The SMILES string of the molecule is CI.COC(=O)[C@@H](C)OC(=O)c1cncn1[C@H](C)c1ccccc1. The molecule has 130 valence electrons. The summed E-state index contributed by atoms with van der Waals surface area (Å²) in [6.07, 6.45) is 2.02. The number of ether oxygens (including phenoxy) is 2. The van der Waals surface area contributed by atoms with Gasteiger partial charge in [0.1, 0.15) is 5.69 Å². The van der Waals surface area contributed by atoms with E-state index in [9.17, 15) is 9.59 Å². The fourth-order valence-electron chi connectivity index (χ4n) is 2.10. The number of carbonyl (C=O) groups is 2. The maximum Gasteiger partial charge on any atom is 0.357 e. The van der Waals surface area contributed by atoms with Gasteiger partial charge >= 0.3 is 11.9 Å². The number of benzene rings is 1. The van der Waals surface area contributed by atoms with Crippen LogP contribution in [0.15, 0.2) is 42.9 Å². The van der Waals surface area contributed by atoms with Crippen molar-refractivity contribution in [3.63, 3.8) is 0 Å². The van der Waals surface area contributed by atoms with E-state index in [-0.39, 0.29) is 11.7 Å². The molecule has 0 fully saturated rings. The molecule has 6 nitrogen and oxygen atoms in total. The summed E-state index contributed by atoms with van der Waals surface area (Å²) in [6, 6.07) is 9.64. The molecule has 0 aliphatic carbocycles. The van der Waals surface area contributed by atoms with Crippen LogP contribution in [0.5, 0.6) is 0 Å². The average molecular weight is 444 g/mol. The molecule has 7 heteroatoms. The van der Waals surface area contributed by atoms with Gasteiger partial charge in [-0.15, -0.1) is 0 Å². The van der Waals surface area contributed by atoms with Gasteiger partial charge in [-0.2, -0.15) is 0 Å². The summed E-state index contributed by atoms with van der Waals surface area (Å²) in [5, 5.41) is 0. The standard InChI is InChI=1S/C16H18N2O4.CH3I/c1-11(13-7-5-4-6-8-13)18-10-17-9-14(18)16(20)22-12(2)15(19)21-3;1-2/h4-12H,1-3H3;1H3/t11-,12-;/m1./s1. The summed E-state index contributed by atoms with van der Waals surface area (Å²) in [7, 11) is 1.24. The summed E-state index contributed by atoms with van der Waals surface area (Å²) >= 11 is 2.15. The van der Waals surface area contributed by atoms with Gasteiger partial charge in [0, 0.05) is 0 Å². The van der Waals surface area contributed by atoms with Gasteiger partial charge in [-0.3, -0.25) is 0 Å². The van der Waals surface area contributed by atoms with Crippen LogP contribution < -0.4 is 0 Å². The Hall–Kier alpha value is -1.90. The Morgan fingerprint density at radius 2 is 1.79 bits per heavy atom. The molecule has 2 rings (SSSR count). The van der Waals surface area contributed by atoms with E-state index >= 15 is 0 Å². The highest BCUT2D eigenvalue weighted by Crippen LogP contribution is 2.20. The highest BCUT2D eigenvalue weighted by molar-refractivity contribution is 14.1. The number of imidazole rings is 1. The van der Waals surface area contributed by atoms with Gasteiger partial charge < -0.3 is 14.0 Å². The number of halogens is 1. The third kappa shape index (κ3) is 5.05. The topological polar surface area (TPSA) is 70.4 Å². The van der Waals surface area contributed by atoms with Crippen molar-refractivity contribution in [1.82, 2.24) is 9.55 Å². The van der Waals surface area contributed by atoms with Gasteiger partial charge in [-0.1, -0.05) is 52.9 Å². The summed E-state index contributed by atoms with van der Waals surface area (Å²) in [5.74, 6) is -1.21. The smallest absolute Gasteiger partial charge is 0.357 e. The average Bonchev–Trinajstić information content (AvgIpc) is 3.12. The Kier molecular flexibility index (Phi) is 8.45. The number of methoxy groups -OCH3 is 1. The molecular weight excluding hydrogens is 423 g/mol. The Balaban J connectivity index is 0.00000139. The first-order valence-corrected chi connectivity index (χ1v) is 9.43. The van der Waals surface area contributed by atoms with E-state index in [0.29, 0.717) is 0 Å².